The third kappa shape index (κ3) is 5.81. The van der Waals surface area contributed by atoms with E-state index in [1.54, 1.807) is 32.2 Å². The third-order valence-electron chi connectivity index (χ3n) is 5.50. The summed E-state index contributed by atoms with van der Waals surface area (Å²) in [6.45, 7) is 1.73. The minimum Gasteiger partial charge on any atom is -0.325 e. The Morgan fingerprint density at radius 3 is 2.59 bits per heavy atom. The Kier molecular flexibility index (Phi) is 8.17. The van der Waals surface area contributed by atoms with E-state index in [-0.39, 0.29) is 21.9 Å². The van der Waals surface area contributed by atoms with E-state index in [9.17, 15) is 13.2 Å². The number of sulfonamides is 1. The number of thioether (sulfide) groups is 1. The Balaban J connectivity index is 1.62. The number of rotatable bonds is 7. The second-order valence-corrected chi connectivity index (χ2v) is 11.5. The smallest absolute Gasteiger partial charge is 0.244 e. The first-order valence-electron chi connectivity index (χ1n) is 10.3. The van der Waals surface area contributed by atoms with Gasteiger partial charge in [-0.2, -0.15) is 9.57 Å². The normalized spacial score (nSPS) is 15.8. The highest BCUT2D eigenvalue weighted by Gasteiger charge is 2.29. The van der Waals surface area contributed by atoms with Crippen molar-refractivity contribution < 1.29 is 13.2 Å². The third-order valence-corrected chi connectivity index (χ3v) is 8.76. The monoisotopic (exact) mass is 492 g/mol. The van der Waals surface area contributed by atoms with E-state index in [1.165, 1.54) is 34.4 Å². The lowest BCUT2D eigenvalue weighted by atomic mass is 9.96. The summed E-state index contributed by atoms with van der Waals surface area (Å²) >= 11 is 7.23. The average molecular weight is 493 g/mol. The van der Waals surface area contributed by atoms with Gasteiger partial charge in [-0.05, 0) is 50.1 Å². The highest BCUT2D eigenvalue weighted by atomic mass is 35.5. The number of benzene rings is 1. The Bertz CT molecular complexity index is 1110. The van der Waals surface area contributed by atoms with Crippen LogP contribution in [-0.4, -0.2) is 42.0 Å². The van der Waals surface area contributed by atoms with Crippen molar-refractivity contribution in [1.29, 1.82) is 5.26 Å². The SMILES string of the molecule is CC(Sc1ccc(S(=O)(=O)N(C)C2CCCCC2)cn1)C(=O)Nc1ccc(C#N)c(Cl)c1. The minimum absolute atomic E-state index is 0.0299. The molecule has 1 aliphatic carbocycles. The number of hydrogen-bond acceptors (Lipinski definition) is 6. The molecule has 32 heavy (non-hydrogen) atoms. The number of halogens is 1. The van der Waals surface area contributed by atoms with Crippen molar-refractivity contribution in [3.8, 4) is 6.07 Å². The molecule has 7 nitrogen and oxygen atoms in total. The Morgan fingerprint density at radius 1 is 1.28 bits per heavy atom. The molecule has 0 saturated heterocycles. The van der Waals surface area contributed by atoms with Gasteiger partial charge >= 0.3 is 0 Å². The molecule has 1 atom stereocenters. The summed E-state index contributed by atoms with van der Waals surface area (Å²) in [5, 5.41) is 12.0. The van der Waals surface area contributed by atoms with Gasteiger partial charge in [-0.25, -0.2) is 13.4 Å². The molecule has 10 heteroatoms. The summed E-state index contributed by atoms with van der Waals surface area (Å²) in [5.41, 5.74) is 0.826. The molecular formula is C22H25ClN4O3S2. The summed E-state index contributed by atoms with van der Waals surface area (Å²) in [7, 11) is -1.97. The lowest BCUT2D eigenvalue weighted by Crippen LogP contribution is -2.38. The maximum absolute atomic E-state index is 12.9. The number of amides is 1. The number of nitrogens with zero attached hydrogens (tertiary/aromatic N) is 3. The molecule has 1 aromatic carbocycles. The molecule has 1 aromatic heterocycles. The van der Waals surface area contributed by atoms with Crippen molar-refractivity contribution in [2.75, 3.05) is 12.4 Å². The average Bonchev–Trinajstić information content (AvgIpc) is 2.79. The highest BCUT2D eigenvalue weighted by molar-refractivity contribution is 8.00. The second-order valence-electron chi connectivity index (χ2n) is 7.70. The van der Waals surface area contributed by atoms with Gasteiger partial charge < -0.3 is 5.32 Å². The van der Waals surface area contributed by atoms with Crippen LogP contribution in [0.2, 0.25) is 5.02 Å². The summed E-state index contributed by atoms with van der Waals surface area (Å²) in [6.07, 6.45) is 6.37. The number of hydrogen-bond donors (Lipinski definition) is 1. The molecule has 3 rings (SSSR count). The number of nitrogens with one attached hydrogen (secondary N) is 1. The van der Waals surface area contributed by atoms with Crippen LogP contribution in [0.15, 0.2) is 46.5 Å². The topological polar surface area (TPSA) is 103 Å². The molecule has 0 spiro atoms. The maximum Gasteiger partial charge on any atom is 0.244 e. The first kappa shape index (κ1) is 24.5. The van der Waals surface area contributed by atoms with Gasteiger partial charge in [0.05, 0.1) is 20.9 Å². The van der Waals surface area contributed by atoms with Gasteiger partial charge in [-0.3, -0.25) is 4.79 Å². The lowest BCUT2D eigenvalue weighted by molar-refractivity contribution is -0.115. The largest absolute Gasteiger partial charge is 0.325 e. The van der Waals surface area contributed by atoms with Crippen LogP contribution in [0.5, 0.6) is 0 Å². The van der Waals surface area contributed by atoms with Gasteiger partial charge in [0.2, 0.25) is 15.9 Å². The van der Waals surface area contributed by atoms with E-state index in [0.717, 1.165) is 32.1 Å². The van der Waals surface area contributed by atoms with Crippen molar-refractivity contribution in [2.24, 2.45) is 0 Å². The van der Waals surface area contributed by atoms with Crippen LogP contribution in [0.25, 0.3) is 0 Å². The van der Waals surface area contributed by atoms with Crippen LogP contribution in [0.1, 0.15) is 44.6 Å². The fraction of sp³-hybridized carbons (Fsp3) is 0.409. The molecule has 2 aromatic rings. The zero-order valence-corrected chi connectivity index (χ0v) is 20.3. The van der Waals surface area contributed by atoms with Gasteiger partial charge in [0.15, 0.2) is 0 Å². The first-order chi connectivity index (χ1) is 15.2. The molecule has 1 heterocycles. The number of aromatic nitrogens is 1. The maximum atomic E-state index is 12.9. The molecule has 1 N–H and O–H groups in total. The Hall–Kier alpha value is -2.12. The van der Waals surface area contributed by atoms with Crippen molar-refractivity contribution in [3.63, 3.8) is 0 Å². The second kappa shape index (κ2) is 10.7. The van der Waals surface area contributed by atoms with Crippen LogP contribution in [0, 0.1) is 11.3 Å². The van der Waals surface area contributed by atoms with Crippen LogP contribution in [0.3, 0.4) is 0 Å². The summed E-state index contributed by atoms with van der Waals surface area (Å²) < 4.78 is 27.3. The summed E-state index contributed by atoms with van der Waals surface area (Å²) in [6, 6.07) is 9.83. The predicted octanol–water partition coefficient (Wildman–Crippen LogP) is 4.68. The zero-order valence-electron chi connectivity index (χ0n) is 17.9. The van der Waals surface area contributed by atoms with Gasteiger partial charge in [0.25, 0.3) is 0 Å². The van der Waals surface area contributed by atoms with Crippen LogP contribution >= 0.6 is 23.4 Å². The van der Waals surface area contributed by atoms with Crippen LogP contribution in [-0.2, 0) is 14.8 Å². The fourth-order valence-electron chi connectivity index (χ4n) is 3.56. The molecule has 170 valence electrons. The quantitative estimate of drug-likeness (QED) is 0.563. The van der Waals surface area contributed by atoms with Crippen LogP contribution < -0.4 is 5.32 Å². The fourth-order valence-corrected chi connectivity index (χ4v) is 5.93. The molecule has 0 bridgehead atoms. The molecule has 1 saturated carbocycles. The van der Waals surface area contributed by atoms with Crippen molar-refractivity contribution >= 4 is 45.0 Å². The summed E-state index contributed by atoms with van der Waals surface area (Å²) in [4.78, 5) is 16.9. The molecule has 1 aliphatic rings. The molecule has 0 aliphatic heterocycles. The number of pyridine rings is 1. The van der Waals surface area contributed by atoms with E-state index in [2.05, 4.69) is 10.3 Å². The minimum atomic E-state index is -3.60. The molecule has 1 amide bonds. The number of carbonyl (C=O) groups excluding carboxylic acids is 1. The van der Waals surface area contributed by atoms with E-state index in [1.807, 2.05) is 6.07 Å². The van der Waals surface area contributed by atoms with Gasteiger partial charge in [-0.1, -0.05) is 42.6 Å². The van der Waals surface area contributed by atoms with Crippen molar-refractivity contribution in [2.45, 2.75) is 60.2 Å². The van der Waals surface area contributed by atoms with E-state index < -0.39 is 15.3 Å². The Morgan fingerprint density at radius 2 is 2.00 bits per heavy atom. The lowest BCUT2D eigenvalue weighted by Gasteiger charge is -2.30. The summed E-state index contributed by atoms with van der Waals surface area (Å²) in [5.74, 6) is -0.258. The molecule has 1 fully saturated rings. The van der Waals surface area contributed by atoms with Gasteiger partial charge in [0.1, 0.15) is 11.0 Å². The molecule has 1 unspecified atom stereocenters. The highest BCUT2D eigenvalue weighted by Crippen LogP contribution is 2.28. The van der Waals surface area contributed by atoms with Gasteiger partial charge in [0, 0.05) is 25.0 Å². The van der Waals surface area contributed by atoms with Crippen LogP contribution in [0.4, 0.5) is 5.69 Å². The number of anilines is 1. The van der Waals surface area contributed by atoms with E-state index in [0.29, 0.717) is 16.3 Å². The first-order valence-corrected chi connectivity index (χ1v) is 13.0. The molecular weight excluding hydrogens is 468 g/mol. The van der Waals surface area contributed by atoms with Gasteiger partial charge in [-0.15, -0.1) is 0 Å². The Labute approximate surface area is 198 Å². The molecule has 0 radical (unpaired) electrons. The van der Waals surface area contributed by atoms with Crippen molar-refractivity contribution in [1.82, 2.24) is 9.29 Å². The number of carbonyl (C=O) groups is 1. The number of nitriles is 1. The standard InChI is InChI=1S/C22H25ClN4O3S2/c1-15(22(28)26-17-9-8-16(13-24)20(23)12-17)31-21-11-10-19(14-25-21)32(29,30)27(2)18-6-4-3-5-7-18/h8-12,14-15,18H,3-7H2,1-2H3,(H,26,28). The van der Waals surface area contributed by atoms with Crippen molar-refractivity contribution in [3.05, 3.63) is 47.1 Å². The predicted molar refractivity (Wildman–Crippen MR) is 126 cm³/mol. The van der Waals surface area contributed by atoms with E-state index in [4.69, 9.17) is 16.9 Å². The van der Waals surface area contributed by atoms with E-state index >= 15 is 0 Å². The zero-order chi connectivity index (χ0) is 23.3.